The van der Waals surface area contributed by atoms with E-state index in [1.807, 2.05) is 0 Å². The van der Waals surface area contributed by atoms with Gasteiger partial charge in [0.1, 0.15) is 12.3 Å². The lowest BCUT2D eigenvalue weighted by Gasteiger charge is -2.10. The van der Waals surface area contributed by atoms with Gasteiger partial charge in [-0.05, 0) is 17.7 Å². The van der Waals surface area contributed by atoms with E-state index in [0.29, 0.717) is 5.56 Å². The van der Waals surface area contributed by atoms with E-state index in [4.69, 9.17) is 4.74 Å². The molecule has 13 heteroatoms. The number of benzene rings is 2. The van der Waals surface area contributed by atoms with E-state index in [1.165, 1.54) is 35.1 Å². The van der Waals surface area contributed by atoms with Crippen molar-refractivity contribution in [1.29, 1.82) is 0 Å². The number of ether oxygens (including phenoxy) is 1. The first-order chi connectivity index (χ1) is 17.6. The van der Waals surface area contributed by atoms with Gasteiger partial charge in [-0.1, -0.05) is 12.1 Å². The molecule has 192 valence electrons. The number of anilines is 1. The molecule has 2 heterocycles. The largest absolute Gasteiger partial charge is 0.483 e. The number of aryl methyl sites for hydroxylation is 2. The number of aromatic nitrogens is 4. The van der Waals surface area contributed by atoms with E-state index < -0.39 is 47.4 Å². The summed E-state index contributed by atoms with van der Waals surface area (Å²) in [5.74, 6) is -8.64. The Balaban J connectivity index is 1.40. The molecule has 0 aliphatic heterocycles. The highest BCUT2D eigenvalue weighted by molar-refractivity contribution is 6.08. The van der Waals surface area contributed by atoms with Gasteiger partial charge in [0.15, 0.2) is 17.4 Å². The molecule has 0 saturated heterocycles. The van der Waals surface area contributed by atoms with Crippen molar-refractivity contribution in [2.24, 2.45) is 14.1 Å². The summed E-state index contributed by atoms with van der Waals surface area (Å²) in [5, 5.41) is 13.4. The first-order valence-corrected chi connectivity index (χ1v) is 10.8. The van der Waals surface area contributed by atoms with Crippen LogP contribution in [-0.4, -0.2) is 31.4 Å². The second-order valence-corrected chi connectivity index (χ2v) is 7.97. The summed E-state index contributed by atoms with van der Waals surface area (Å²) in [4.78, 5) is 25.4. The number of hydrogen-bond acceptors (Lipinski definition) is 5. The van der Waals surface area contributed by atoms with Crippen LogP contribution in [0.3, 0.4) is 0 Å². The van der Waals surface area contributed by atoms with Crippen molar-refractivity contribution in [3.63, 3.8) is 0 Å². The highest BCUT2D eigenvalue weighted by atomic mass is 19.2. The summed E-state index contributed by atoms with van der Waals surface area (Å²) >= 11 is 0. The van der Waals surface area contributed by atoms with Crippen molar-refractivity contribution < 1.29 is 31.9 Å². The third-order valence-corrected chi connectivity index (χ3v) is 5.28. The van der Waals surface area contributed by atoms with Crippen molar-refractivity contribution >= 4 is 17.5 Å². The van der Waals surface area contributed by atoms with Gasteiger partial charge in [-0.25, -0.2) is 8.78 Å². The molecule has 0 unspecified atom stereocenters. The average molecular weight is 516 g/mol. The van der Waals surface area contributed by atoms with E-state index in [9.17, 15) is 27.2 Å². The van der Waals surface area contributed by atoms with Gasteiger partial charge in [0.05, 0.1) is 18.1 Å². The summed E-state index contributed by atoms with van der Waals surface area (Å²) in [6, 6.07) is 5.77. The summed E-state index contributed by atoms with van der Waals surface area (Å²) in [7, 11) is 3.31. The minimum atomic E-state index is -1.65. The molecule has 0 aliphatic carbocycles. The SMILES string of the molecule is Cn1cc(CNC(=O)c2c(NC(=O)c3ccc(COc4c(F)c(F)cc(F)c4F)cc3)cnn2C)cn1. The van der Waals surface area contributed by atoms with Gasteiger partial charge in [0.25, 0.3) is 11.8 Å². The van der Waals surface area contributed by atoms with E-state index in [0.717, 1.165) is 5.56 Å². The lowest BCUT2D eigenvalue weighted by molar-refractivity contribution is 0.0942. The Morgan fingerprint density at radius 1 is 0.919 bits per heavy atom. The molecule has 0 radical (unpaired) electrons. The van der Waals surface area contributed by atoms with Crippen molar-refractivity contribution in [3.05, 3.63) is 94.6 Å². The van der Waals surface area contributed by atoms with Crippen LogP contribution in [0.1, 0.15) is 32.0 Å². The Hall–Kier alpha value is -4.68. The quantitative estimate of drug-likeness (QED) is 0.276. The van der Waals surface area contributed by atoms with Crippen LogP contribution < -0.4 is 15.4 Å². The van der Waals surface area contributed by atoms with Crippen molar-refractivity contribution in [3.8, 4) is 5.75 Å². The van der Waals surface area contributed by atoms with Crippen LogP contribution >= 0.6 is 0 Å². The zero-order valence-corrected chi connectivity index (χ0v) is 19.6. The van der Waals surface area contributed by atoms with Crippen LogP contribution in [0.2, 0.25) is 0 Å². The van der Waals surface area contributed by atoms with Gasteiger partial charge < -0.3 is 15.4 Å². The highest BCUT2D eigenvalue weighted by Crippen LogP contribution is 2.27. The van der Waals surface area contributed by atoms with Crippen molar-refractivity contribution in [1.82, 2.24) is 24.9 Å². The number of carbonyl (C=O) groups excluding carboxylic acids is 2. The summed E-state index contributed by atoms with van der Waals surface area (Å²) < 4.78 is 62.0. The minimum absolute atomic E-state index is 0.0863. The maximum absolute atomic E-state index is 13.8. The molecule has 4 rings (SSSR count). The molecule has 0 bridgehead atoms. The second kappa shape index (κ2) is 10.5. The Bertz CT molecular complexity index is 1440. The monoisotopic (exact) mass is 516 g/mol. The zero-order chi connectivity index (χ0) is 26.7. The molecule has 9 nitrogen and oxygen atoms in total. The second-order valence-electron chi connectivity index (χ2n) is 7.97. The van der Waals surface area contributed by atoms with E-state index in [2.05, 4.69) is 20.8 Å². The van der Waals surface area contributed by atoms with Crippen LogP contribution in [0.5, 0.6) is 5.75 Å². The Morgan fingerprint density at radius 2 is 1.59 bits per heavy atom. The lowest BCUT2D eigenvalue weighted by Crippen LogP contribution is -2.26. The van der Waals surface area contributed by atoms with E-state index >= 15 is 0 Å². The first kappa shape index (κ1) is 25.4. The summed E-state index contributed by atoms with van der Waals surface area (Å²) in [5.41, 5.74) is 1.68. The molecule has 2 aromatic heterocycles. The third-order valence-electron chi connectivity index (χ3n) is 5.28. The van der Waals surface area contributed by atoms with Gasteiger partial charge in [-0.2, -0.15) is 19.0 Å². The minimum Gasteiger partial charge on any atom is -0.483 e. The molecular formula is C24H20F4N6O3. The highest BCUT2D eigenvalue weighted by Gasteiger charge is 2.21. The average Bonchev–Trinajstić information content (AvgIpc) is 3.46. The molecule has 2 N–H and O–H groups in total. The zero-order valence-electron chi connectivity index (χ0n) is 19.6. The molecule has 0 aliphatic rings. The topological polar surface area (TPSA) is 103 Å². The van der Waals surface area contributed by atoms with E-state index in [1.54, 1.807) is 31.2 Å². The molecule has 0 fully saturated rings. The van der Waals surface area contributed by atoms with Crippen LogP contribution in [0.25, 0.3) is 0 Å². The smallest absolute Gasteiger partial charge is 0.271 e. The summed E-state index contributed by atoms with van der Waals surface area (Å²) in [6.07, 6.45) is 4.70. The molecule has 0 spiro atoms. The van der Waals surface area contributed by atoms with Crippen LogP contribution in [0, 0.1) is 23.3 Å². The number of carbonyl (C=O) groups is 2. The maximum atomic E-state index is 13.8. The van der Waals surface area contributed by atoms with E-state index in [-0.39, 0.29) is 29.6 Å². The standard InChI is InChI=1S/C24H20F4N6O3/c1-33-11-14(9-30-33)8-29-24(36)21-18(10-31-34(21)2)32-23(35)15-5-3-13(4-6-15)12-37-22-19(27)16(25)7-17(26)20(22)28/h3-7,9-11H,8,12H2,1-2H3,(H,29,36)(H,32,35). The normalized spacial score (nSPS) is 10.9. The van der Waals surface area contributed by atoms with Gasteiger partial charge in [-0.15, -0.1) is 0 Å². The van der Waals surface area contributed by atoms with Crippen molar-refractivity contribution in [2.45, 2.75) is 13.2 Å². The fourth-order valence-corrected chi connectivity index (χ4v) is 3.41. The number of amides is 2. The fourth-order valence-electron chi connectivity index (χ4n) is 3.41. The number of rotatable bonds is 8. The Kier molecular flexibility index (Phi) is 7.22. The van der Waals surface area contributed by atoms with Gasteiger partial charge >= 0.3 is 0 Å². The predicted octanol–water partition coefficient (Wildman–Crippen LogP) is 3.47. The van der Waals surface area contributed by atoms with Crippen LogP contribution in [0.15, 0.2) is 48.9 Å². The molecule has 2 amide bonds. The third kappa shape index (κ3) is 5.60. The summed E-state index contributed by atoms with van der Waals surface area (Å²) in [6.45, 7) is -0.187. The molecule has 0 saturated carbocycles. The molecule has 0 atom stereocenters. The van der Waals surface area contributed by atoms with Crippen LogP contribution in [0.4, 0.5) is 23.2 Å². The predicted molar refractivity (Wildman–Crippen MR) is 123 cm³/mol. The Labute approximate surface area is 207 Å². The number of halogens is 4. The molecule has 4 aromatic rings. The first-order valence-electron chi connectivity index (χ1n) is 10.8. The number of hydrogen-bond donors (Lipinski definition) is 2. The van der Waals surface area contributed by atoms with Gasteiger partial charge in [0.2, 0.25) is 11.6 Å². The molecular weight excluding hydrogens is 496 g/mol. The number of nitrogens with zero attached hydrogens (tertiary/aromatic N) is 4. The Morgan fingerprint density at radius 3 is 2.22 bits per heavy atom. The van der Waals surface area contributed by atoms with Crippen LogP contribution in [-0.2, 0) is 27.2 Å². The van der Waals surface area contributed by atoms with Crippen molar-refractivity contribution in [2.75, 3.05) is 5.32 Å². The molecule has 37 heavy (non-hydrogen) atoms. The van der Waals surface area contributed by atoms with Gasteiger partial charge in [0, 0.05) is 44.0 Å². The fraction of sp³-hybridized carbons (Fsp3) is 0.167. The molecule has 2 aromatic carbocycles. The number of nitrogens with one attached hydrogen (secondary N) is 2. The maximum Gasteiger partial charge on any atom is 0.271 e. The van der Waals surface area contributed by atoms with Gasteiger partial charge in [-0.3, -0.25) is 19.0 Å². The lowest BCUT2D eigenvalue weighted by atomic mass is 10.1.